The Balaban J connectivity index is 2.02. The van der Waals surface area contributed by atoms with Crippen LogP contribution in [0.25, 0.3) is 11.3 Å². The molecule has 0 fully saturated rings. The van der Waals surface area contributed by atoms with Gasteiger partial charge in [0.25, 0.3) is 0 Å². The maximum Gasteiger partial charge on any atom is 0.211 e. The van der Waals surface area contributed by atoms with E-state index in [4.69, 9.17) is 19.8 Å². The number of hydroxylamine groups is 1. The third-order valence-electron chi connectivity index (χ3n) is 2.71. The molecule has 2 aromatic rings. The summed E-state index contributed by atoms with van der Waals surface area (Å²) in [5.74, 6) is 1.25. The van der Waals surface area contributed by atoms with Gasteiger partial charge in [0.15, 0.2) is 6.79 Å². The van der Waals surface area contributed by atoms with Crippen molar-refractivity contribution in [2.24, 2.45) is 4.99 Å². The zero-order chi connectivity index (χ0) is 13.9. The SMILES string of the molecule is OCOc1ccc2c(c1)-c1nc(/N=C/NO)sc1CO2. The molecule has 0 aliphatic carbocycles. The molecule has 1 aromatic carbocycles. The zero-order valence-corrected chi connectivity index (χ0v) is 11.1. The van der Waals surface area contributed by atoms with Gasteiger partial charge in [-0.15, -0.1) is 0 Å². The summed E-state index contributed by atoms with van der Waals surface area (Å²) in [5, 5.41) is 17.8. The number of benzene rings is 1. The Hall–Kier alpha value is -2.16. The Morgan fingerprint density at radius 2 is 2.45 bits per heavy atom. The van der Waals surface area contributed by atoms with Gasteiger partial charge in [0.2, 0.25) is 5.13 Å². The second-order valence-corrected chi connectivity index (χ2v) is 4.94. The first kappa shape index (κ1) is 12.9. The van der Waals surface area contributed by atoms with Gasteiger partial charge in [-0.3, -0.25) is 10.7 Å². The maximum atomic E-state index is 8.80. The van der Waals surface area contributed by atoms with Gasteiger partial charge in [0.05, 0.1) is 10.6 Å². The van der Waals surface area contributed by atoms with Gasteiger partial charge in [-0.05, 0) is 18.2 Å². The van der Waals surface area contributed by atoms with Crippen LogP contribution in [0.3, 0.4) is 0 Å². The van der Waals surface area contributed by atoms with Crippen LogP contribution in [-0.2, 0) is 6.61 Å². The monoisotopic (exact) mass is 293 g/mol. The number of fused-ring (bicyclic) bond motifs is 3. The Kier molecular flexibility index (Phi) is 3.50. The summed E-state index contributed by atoms with van der Waals surface area (Å²) in [4.78, 5) is 9.31. The quantitative estimate of drug-likeness (QED) is 0.343. The number of nitrogens with zero attached hydrogens (tertiary/aromatic N) is 2. The number of thiazole rings is 1. The Morgan fingerprint density at radius 3 is 3.25 bits per heavy atom. The van der Waals surface area contributed by atoms with Gasteiger partial charge in [0, 0.05) is 5.56 Å². The van der Waals surface area contributed by atoms with Crippen molar-refractivity contribution in [3.05, 3.63) is 23.1 Å². The standard InChI is InChI=1S/C12H11N3O4S/c16-6-19-7-1-2-9-8(3-7)11-10(4-18-9)20-12(15-11)13-5-14-17/h1-3,5,16-17H,4,6H2,(H,13,14,15). The van der Waals surface area contributed by atoms with Crippen LogP contribution >= 0.6 is 11.3 Å². The lowest BCUT2D eigenvalue weighted by molar-refractivity contribution is 0.0985. The Morgan fingerprint density at radius 1 is 1.55 bits per heavy atom. The van der Waals surface area contributed by atoms with E-state index >= 15 is 0 Å². The number of hydrogen-bond acceptors (Lipinski definition) is 7. The molecule has 0 saturated carbocycles. The molecule has 20 heavy (non-hydrogen) atoms. The Bertz CT molecular complexity index is 656. The second kappa shape index (κ2) is 5.45. The molecule has 2 heterocycles. The van der Waals surface area contributed by atoms with Crippen molar-refractivity contribution in [2.75, 3.05) is 6.79 Å². The van der Waals surface area contributed by atoms with Crippen molar-refractivity contribution in [3.8, 4) is 22.8 Å². The second-order valence-electron chi connectivity index (χ2n) is 3.88. The molecule has 0 bridgehead atoms. The minimum absolute atomic E-state index is 0.388. The van der Waals surface area contributed by atoms with Crippen molar-refractivity contribution in [1.82, 2.24) is 10.5 Å². The fourth-order valence-corrected chi connectivity index (χ4v) is 2.75. The number of aromatic nitrogens is 1. The molecular formula is C12H11N3O4S. The van der Waals surface area contributed by atoms with Crippen LogP contribution in [0.15, 0.2) is 23.2 Å². The molecular weight excluding hydrogens is 282 g/mol. The first-order chi connectivity index (χ1) is 9.81. The van der Waals surface area contributed by atoms with E-state index in [9.17, 15) is 0 Å². The predicted octanol–water partition coefficient (Wildman–Crippen LogP) is 1.67. The molecule has 0 saturated heterocycles. The van der Waals surface area contributed by atoms with Gasteiger partial charge in [-0.25, -0.2) is 9.98 Å². The highest BCUT2D eigenvalue weighted by atomic mass is 32.1. The van der Waals surface area contributed by atoms with Crippen LogP contribution < -0.4 is 15.0 Å². The van der Waals surface area contributed by atoms with Crippen molar-refractivity contribution < 1.29 is 19.8 Å². The van der Waals surface area contributed by atoms with Crippen LogP contribution in [0, 0.1) is 0 Å². The lowest BCUT2D eigenvalue weighted by atomic mass is 10.1. The highest BCUT2D eigenvalue weighted by Crippen LogP contribution is 2.42. The minimum Gasteiger partial charge on any atom is -0.487 e. The first-order valence-electron chi connectivity index (χ1n) is 5.74. The van der Waals surface area contributed by atoms with Crippen molar-refractivity contribution >= 4 is 22.8 Å². The number of rotatable bonds is 4. The van der Waals surface area contributed by atoms with Crippen LogP contribution in [0.5, 0.6) is 11.5 Å². The Labute approximate surface area is 118 Å². The van der Waals surface area contributed by atoms with Crippen LogP contribution in [0.2, 0.25) is 0 Å². The van der Waals surface area contributed by atoms with E-state index in [1.54, 1.807) is 18.2 Å². The topological polar surface area (TPSA) is 96.2 Å². The lowest BCUT2D eigenvalue weighted by Gasteiger charge is -2.17. The van der Waals surface area contributed by atoms with E-state index in [2.05, 4.69) is 9.98 Å². The van der Waals surface area contributed by atoms with Gasteiger partial charge >= 0.3 is 0 Å². The summed E-state index contributed by atoms with van der Waals surface area (Å²) in [5.41, 5.74) is 3.42. The molecule has 7 nitrogen and oxygen atoms in total. The van der Waals surface area contributed by atoms with E-state index in [0.717, 1.165) is 22.5 Å². The average Bonchev–Trinajstić information content (AvgIpc) is 2.89. The van der Waals surface area contributed by atoms with E-state index in [0.29, 0.717) is 23.2 Å². The molecule has 0 atom stereocenters. The average molecular weight is 293 g/mol. The predicted molar refractivity (Wildman–Crippen MR) is 72.7 cm³/mol. The fourth-order valence-electron chi connectivity index (χ4n) is 1.91. The number of aliphatic imine (C=N–C) groups is 1. The van der Waals surface area contributed by atoms with E-state index in [1.807, 2.05) is 5.48 Å². The zero-order valence-electron chi connectivity index (χ0n) is 10.2. The van der Waals surface area contributed by atoms with Gasteiger partial charge in [-0.2, -0.15) is 0 Å². The third-order valence-corrected chi connectivity index (χ3v) is 3.65. The number of nitrogens with one attached hydrogen (secondary N) is 1. The molecule has 8 heteroatoms. The third kappa shape index (κ3) is 2.31. The molecule has 3 N–H and O–H groups in total. The van der Waals surface area contributed by atoms with Crippen molar-refractivity contribution in [1.29, 1.82) is 0 Å². The smallest absolute Gasteiger partial charge is 0.211 e. The number of ether oxygens (including phenoxy) is 2. The van der Waals surface area contributed by atoms with Gasteiger partial charge in [-0.1, -0.05) is 11.3 Å². The number of aliphatic hydroxyl groups is 1. The summed E-state index contributed by atoms with van der Waals surface area (Å²) in [6.45, 7) is 0.0452. The molecule has 104 valence electrons. The molecule has 0 spiro atoms. The van der Waals surface area contributed by atoms with E-state index in [-0.39, 0.29) is 6.79 Å². The van der Waals surface area contributed by atoms with Gasteiger partial charge < -0.3 is 14.6 Å². The molecule has 3 rings (SSSR count). The summed E-state index contributed by atoms with van der Waals surface area (Å²) in [6.07, 6.45) is 1.15. The van der Waals surface area contributed by atoms with Crippen molar-refractivity contribution in [2.45, 2.75) is 6.61 Å². The van der Waals surface area contributed by atoms with Crippen LogP contribution in [0.1, 0.15) is 4.88 Å². The fraction of sp³-hybridized carbons (Fsp3) is 0.167. The first-order valence-corrected chi connectivity index (χ1v) is 6.56. The molecule has 1 aromatic heterocycles. The molecule has 1 aliphatic heterocycles. The highest BCUT2D eigenvalue weighted by Gasteiger charge is 2.22. The van der Waals surface area contributed by atoms with E-state index < -0.39 is 0 Å². The van der Waals surface area contributed by atoms with Crippen molar-refractivity contribution in [3.63, 3.8) is 0 Å². The number of hydrogen-bond donors (Lipinski definition) is 3. The highest BCUT2D eigenvalue weighted by molar-refractivity contribution is 7.15. The number of aliphatic hydroxyl groups excluding tert-OH is 1. The molecule has 0 radical (unpaired) electrons. The maximum absolute atomic E-state index is 8.80. The summed E-state index contributed by atoms with van der Waals surface area (Å²) in [7, 11) is 0. The molecule has 0 amide bonds. The van der Waals surface area contributed by atoms with Crippen LogP contribution in [-0.4, -0.2) is 28.4 Å². The molecule has 1 aliphatic rings. The summed E-state index contributed by atoms with van der Waals surface area (Å²) < 4.78 is 10.7. The van der Waals surface area contributed by atoms with E-state index in [1.165, 1.54) is 11.3 Å². The normalized spacial score (nSPS) is 12.7. The lowest BCUT2D eigenvalue weighted by Crippen LogP contribution is -2.04. The van der Waals surface area contributed by atoms with Gasteiger partial charge in [0.1, 0.15) is 24.4 Å². The minimum atomic E-state index is -0.388. The summed E-state index contributed by atoms with van der Waals surface area (Å²) in [6, 6.07) is 5.27. The summed E-state index contributed by atoms with van der Waals surface area (Å²) >= 11 is 1.38. The molecule has 0 unspecified atom stereocenters. The largest absolute Gasteiger partial charge is 0.487 e. The van der Waals surface area contributed by atoms with Crippen LogP contribution in [0.4, 0.5) is 5.13 Å².